The summed E-state index contributed by atoms with van der Waals surface area (Å²) < 4.78 is 10.7. The number of methoxy groups -OCH3 is 2. The SMILES string of the molecule is COc1cccc(CNc2ccc(C(=O)c3ccccc3)cc2[N+](=O)[O-])c1OC. The first-order valence-electron chi connectivity index (χ1n) is 8.87. The molecule has 0 aliphatic rings. The molecule has 0 aliphatic carbocycles. The van der Waals surface area contributed by atoms with Gasteiger partial charge >= 0.3 is 0 Å². The van der Waals surface area contributed by atoms with E-state index < -0.39 is 4.92 Å². The molecule has 0 bridgehead atoms. The molecule has 3 aromatic rings. The Labute approximate surface area is 168 Å². The smallest absolute Gasteiger partial charge is 0.293 e. The van der Waals surface area contributed by atoms with E-state index in [4.69, 9.17) is 9.47 Å². The van der Waals surface area contributed by atoms with E-state index in [0.717, 1.165) is 5.56 Å². The number of hydrogen-bond donors (Lipinski definition) is 1. The van der Waals surface area contributed by atoms with Crippen molar-refractivity contribution < 1.29 is 19.2 Å². The van der Waals surface area contributed by atoms with Gasteiger partial charge in [-0.3, -0.25) is 14.9 Å². The van der Waals surface area contributed by atoms with Crippen molar-refractivity contribution in [2.24, 2.45) is 0 Å². The van der Waals surface area contributed by atoms with Gasteiger partial charge in [0, 0.05) is 29.3 Å². The largest absolute Gasteiger partial charge is 0.493 e. The predicted molar refractivity (Wildman–Crippen MR) is 110 cm³/mol. The molecule has 29 heavy (non-hydrogen) atoms. The van der Waals surface area contributed by atoms with Crippen LogP contribution in [0.4, 0.5) is 11.4 Å². The van der Waals surface area contributed by atoms with Crippen LogP contribution in [0, 0.1) is 10.1 Å². The van der Waals surface area contributed by atoms with Gasteiger partial charge < -0.3 is 14.8 Å². The van der Waals surface area contributed by atoms with Crippen molar-refractivity contribution in [1.29, 1.82) is 0 Å². The lowest BCUT2D eigenvalue weighted by Crippen LogP contribution is -2.07. The van der Waals surface area contributed by atoms with E-state index in [1.54, 1.807) is 55.6 Å². The molecule has 0 fully saturated rings. The van der Waals surface area contributed by atoms with Crippen molar-refractivity contribution in [3.63, 3.8) is 0 Å². The average molecular weight is 392 g/mol. The average Bonchev–Trinajstić information content (AvgIpc) is 2.77. The highest BCUT2D eigenvalue weighted by Crippen LogP contribution is 2.32. The van der Waals surface area contributed by atoms with Crippen LogP contribution in [0.5, 0.6) is 11.5 Å². The molecule has 3 aromatic carbocycles. The number of nitro benzene ring substituents is 1. The Morgan fingerprint density at radius 3 is 2.38 bits per heavy atom. The van der Waals surface area contributed by atoms with Gasteiger partial charge in [-0.1, -0.05) is 42.5 Å². The van der Waals surface area contributed by atoms with E-state index in [0.29, 0.717) is 22.7 Å². The number of benzene rings is 3. The molecule has 0 heterocycles. The maximum absolute atomic E-state index is 12.6. The number of rotatable bonds is 8. The second-order valence-corrected chi connectivity index (χ2v) is 6.19. The Hall–Kier alpha value is -3.87. The number of para-hydroxylation sites is 1. The summed E-state index contributed by atoms with van der Waals surface area (Å²) in [5.41, 5.74) is 1.65. The fourth-order valence-electron chi connectivity index (χ4n) is 3.01. The normalized spacial score (nSPS) is 10.3. The Kier molecular flexibility index (Phi) is 6.09. The fraction of sp³-hybridized carbons (Fsp3) is 0.136. The standard InChI is InChI=1S/C22H20N2O5/c1-28-20-10-6-9-17(22(20)29-2)14-23-18-12-11-16(13-19(18)24(26)27)21(25)15-7-4-3-5-8-15/h3-13,23H,14H2,1-2H3. The first kappa shape index (κ1) is 19.9. The van der Waals surface area contributed by atoms with Gasteiger partial charge in [0.05, 0.1) is 19.1 Å². The quantitative estimate of drug-likeness (QED) is 0.346. The van der Waals surface area contributed by atoms with Crippen LogP contribution in [0.2, 0.25) is 0 Å². The summed E-state index contributed by atoms with van der Waals surface area (Å²) in [5, 5.41) is 14.6. The summed E-state index contributed by atoms with van der Waals surface area (Å²) in [5.74, 6) is 0.862. The Bertz CT molecular complexity index is 1030. The molecule has 0 aromatic heterocycles. The molecule has 0 saturated carbocycles. The zero-order valence-electron chi connectivity index (χ0n) is 16.0. The Morgan fingerprint density at radius 1 is 0.966 bits per heavy atom. The molecule has 0 amide bonds. The van der Waals surface area contributed by atoms with E-state index >= 15 is 0 Å². The van der Waals surface area contributed by atoms with Crippen molar-refractivity contribution in [2.45, 2.75) is 6.54 Å². The molecule has 0 unspecified atom stereocenters. The minimum Gasteiger partial charge on any atom is -0.493 e. The predicted octanol–water partition coefficient (Wildman–Crippen LogP) is 4.46. The Morgan fingerprint density at radius 2 is 1.72 bits per heavy atom. The highest BCUT2D eigenvalue weighted by atomic mass is 16.6. The van der Waals surface area contributed by atoms with Crippen LogP contribution in [0.3, 0.4) is 0 Å². The second-order valence-electron chi connectivity index (χ2n) is 6.19. The van der Waals surface area contributed by atoms with Gasteiger partial charge in [0.15, 0.2) is 17.3 Å². The third-order valence-corrected chi connectivity index (χ3v) is 4.45. The fourth-order valence-corrected chi connectivity index (χ4v) is 3.01. The van der Waals surface area contributed by atoms with Crippen LogP contribution < -0.4 is 14.8 Å². The second kappa shape index (κ2) is 8.88. The van der Waals surface area contributed by atoms with Gasteiger partial charge in [0.2, 0.25) is 0 Å². The van der Waals surface area contributed by atoms with E-state index in [9.17, 15) is 14.9 Å². The van der Waals surface area contributed by atoms with Crippen molar-refractivity contribution in [3.05, 3.63) is 93.5 Å². The van der Waals surface area contributed by atoms with Crippen LogP contribution in [-0.4, -0.2) is 24.9 Å². The highest BCUT2D eigenvalue weighted by molar-refractivity contribution is 6.09. The third-order valence-electron chi connectivity index (χ3n) is 4.45. The number of anilines is 1. The topological polar surface area (TPSA) is 90.7 Å². The third kappa shape index (κ3) is 4.35. The number of ether oxygens (including phenoxy) is 2. The number of ketones is 1. The molecule has 0 spiro atoms. The zero-order chi connectivity index (χ0) is 20.8. The first-order valence-corrected chi connectivity index (χ1v) is 8.87. The van der Waals surface area contributed by atoms with Crippen molar-refractivity contribution in [3.8, 4) is 11.5 Å². The summed E-state index contributed by atoms with van der Waals surface area (Å²) in [4.78, 5) is 23.7. The van der Waals surface area contributed by atoms with Gasteiger partial charge in [0.1, 0.15) is 5.69 Å². The van der Waals surface area contributed by atoms with Gasteiger partial charge in [-0.25, -0.2) is 0 Å². The van der Waals surface area contributed by atoms with Gasteiger partial charge in [-0.15, -0.1) is 0 Å². The van der Waals surface area contributed by atoms with Crippen LogP contribution in [0.25, 0.3) is 0 Å². The van der Waals surface area contributed by atoms with Gasteiger partial charge in [-0.05, 0) is 18.2 Å². The summed E-state index contributed by atoms with van der Waals surface area (Å²) >= 11 is 0. The molecule has 148 valence electrons. The molecule has 0 radical (unpaired) electrons. The van der Waals surface area contributed by atoms with E-state index in [-0.39, 0.29) is 23.6 Å². The van der Waals surface area contributed by atoms with Crippen LogP contribution in [-0.2, 0) is 6.54 Å². The summed E-state index contributed by atoms with van der Waals surface area (Å²) in [6.45, 7) is 0.285. The molecule has 0 aliphatic heterocycles. The summed E-state index contributed by atoms with van der Waals surface area (Å²) in [6, 6.07) is 18.5. The van der Waals surface area contributed by atoms with E-state index in [1.165, 1.54) is 13.2 Å². The lowest BCUT2D eigenvalue weighted by molar-refractivity contribution is -0.384. The van der Waals surface area contributed by atoms with Gasteiger partial charge in [-0.2, -0.15) is 0 Å². The summed E-state index contributed by atoms with van der Waals surface area (Å²) in [7, 11) is 3.08. The number of nitrogens with zero attached hydrogens (tertiary/aromatic N) is 1. The molecule has 1 N–H and O–H groups in total. The minimum absolute atomic E-state index is 0.173. The number of nitrogens with one attached hydrogen (secondary N) is 1. The van der Waals surface area contributed by atoms with E-state index in [1.807, 2.05) is 12.1 Å². The van der Waals surface area contributed by atoms with Crippen molar-refractivity contribution in [2.75, 3.05) is 19.5 Å². The molecule has 3 rings (SSSR count). The van der Waals surface area contributed by atoms with Crippen molar-refractivity contribution in [1.82, 2.24) is 0 Å². The maximum Gasteiger partial charge on any atom is 0.293 e. The molecule has 7 nitrogen and oxygen atoms in total. The minimum atomic E-state index is -0.507. The molecule has 7 heteroatoms. The highest BCUT2D eigenvalue weighted by Gasteiger charge is 2.19. The summed E-state index contributed by atoms with van der Waals surface area (Å²) in [6.07, 6.45) is 0. The number of hydrogen-bond acceptors (Lipinski definition) is 6. The van der Waals surface area contributed by atoms with Crippen LogP contribution >= 0.6 is 0 Å². The monoisotopic (exact) mass is 392 g/mol. The lowest BCUT2D eigenvalue weighted by Gasteiger charge is -2.14. The van der Waals surface area contributed by atoms with E-state index in [2.05, 4.69) is 5.32 Å². The number of carbonyl (C=O) groups is 1. The zero-order valence-corrected chi connectivity index (χ0v) is 16.0. The molecular formula is C22H20N2O5. The lowest BCUT2D eigenvalue weighted by atomic mass is 10.0. The molecular weight excluding hydrogens is 372 g/mol. The van der Waals surface area contributed by atoms with Crippen LogP contribution in [0.15, 0.2) is 66.7 Å². The number of carbonyl (C=O) groups excluding carboxylic acids is 1. The van der Waals surface area contributed by atoms with Crippen molar-refractivity contribution >= 4 is 17.2 Å². The molecule has 0 saturated heterocycles. The molecule has 0 atom stereocenters. The van der Waals surface area contributed by atoms with Gasteiger partial charge in [0.25, 0.3) is 5.69 Å². The maximum atomic E-state index is 12.6. The Balaban J connectivity index is 1.87. The first-order chi connectivity index (χ1) is 14.0. The van der Waals surface area contributed by atoms with Crippen LogP contribution in [0.1, 0.15) is 21.5 Å². The number of nitro groups is 1.